The SMILES string of the molecule is CCCCCCCCOC(=O)CCCCCCCCC(=O)Oc1cc(C)ccc1C. The molecule has 1 aromatic rings. The van der Waals surface area contributed by atoms with E-state index in [1.165, 1.54) is 25.7 Å². The van der Waals surface area contributed by atoms with Gasteiger partial charge in [-0.25, -0.2) is 0 Å². The van der Waals surface area contributed by atoms with Gasteiger partial charge in [-0.1, -0.05) is 76.8 Å². The maximum Gasteiger partial charge on any atom is 0.311 e. The molecule has 0 fully saturated rings. The first kappa shape index (κ1) is 26.2. The molecule has 0 saturated heterocycles. The molecule has 0 bridgehead atoms. The molecule has 4 nitrogen and oxygen atoms in total. The van der Waals surface area contributed by atoms with Crippen molar-refractivity contribution in [3.63, 3.8) is 0 Å². The minimum Gasteiger partial charge on any atom is -0.466 e. The Morgan fingerprint density at radius 2 is 1.30 bits per heavy atom. The molecular weight excluding hydrogens is 376 g/mol. The van der Waals surface area contributed by atoms with Crippen molar-refractivity contribution < 1.29 is 19.1 Å². The van der Waals surface area contributed by atoms with E-state index in [0.29, 0.717) is 25.2 Å². The van der Waals surface area contributed by atoms with Crippen LogP contribution in [0.4, 0.5) is 0 Å². The van der Waals surface area contributed by atoms with Gasteiger partial charge >= 0.3 is 11.9 Å². The normalized spacial score (nSPS) is 10.8. The van der Waals surface area contributed by atoms with E-state index in [9.17, 15) is 9.59 Å². The van der Waals surface area contributed by atoms with E-state index in [4.69, 9.17) is 9.47 Å². The molecule has 0 spiro atoms. The quantitative estimate of drug-likeness (QED) is 0.152. The van der Waals surface area contributed by atoms with E-state index in [1.807, 2.05) is 32.0 Å². The van der Waals surface area contributed by atoms with Crippen molar-refractivity contribution in [2.75, 3.05) is 6.61 Å². The summed E-state index contributed by atoms with van der Waals surface area (Å²) in [7, 11) is 0. The van der Waals surface area contributed by atoms with E-state index >= 15 is 0 Å². The second-order valence-electron chi connectivity index (χ2n) is 8.35. The maximum absolute atomic E-state index is 12.0. The lowest BCUT2D eigenvalue weighted by molar-refractivity contribution is -0.144. The third-order valence-electron chi connectivity index (χ3n) is 5.34. The van der Waals surface area contributed by atoms with Crippen LogP contribution in [0.2, 0.25) is 0 Å². The van der Waals surface area contributed by atoms with E-state index in [1.54, 1.807) is 0 Å². The summed E-state index contributed by atoms with van der Waals surface area (Å²) in [6.07, 6.45) is 14.2. The Bertz CT molecular complexity index is 609. The van der Waals surface area contributed by atoms with E-state index in [-0.39, 0.29) is 11.9 Å². The number of hydrogen-bond donors (Lipinski definition) is 0. The van der Waals surface area contributed by atoms with Crippen LogP contribution in [0.3, 0.4) is 0 Å². The van der Waals surface area contributed by atoms with Gasteiger partial charge in [-0.3, -0.25) is 9.59 Å². The van der Waals surface area contributed by atoms with Crippen molar-refractivity contribution in [1.29, 1.82) is 0 Å². The number of hydrogen-bond acceptors (Lipinski definition) is 4. The van der Waals surface area contributed by atoms with Crippen molar-refractivity contribution in [3.05, 3.63) is 29.3 Å². The van der Waals surface area contributed by atoms with Gasteiger partial charge in [0.05, 0.1) is 6.61 Å². The van der Waals surface area contributed by atoms with Gasteiger partial charge in [0, 0.05) is 12.8 Å². The third kappa shape index (κ3) is 13.4. The van der Waals surface area contributed by atoms with Crippen LogP contribution in [0.1, 0.15) is 108 Å². The highest BCUT2D eigenvalue weighted by Crippen LogP contribution is 2.20. The van der Waals surface area contributed by atoms with E-state index in [0.717, 1.165) is 62.5 Å². The van der Waals surface area contributed by atoms with E-state index < -0.39 is 0 Å². The van der Waals surface area contributed by atoms with Crippen LogP contribution in [0, 0.1) is 13.8 Å². The summed E-state index contributed by atoms with van der Waals surface area (Å²) in [4.78, 5) is 23.7. The molecule has 1 rings (SSSR count). The lowest BCUT2D eigenvalue weighted by Crippen LogP contribution is -2.08. The van der Waals surface area contributed by atoms with Gasteiger partial charge < -0.3 is 9.47 Å². The van der Waals surface area contributed by atoms with Crippen LogP contribution in [-0.4, -0.2) is 18.5 Å². The lowest BCUT2D eigenvalue weighted by Gasteiger charge is -2.08. The first-order valence-electron chi connectivity index (χ1n) is 12.0. The van der Waals surface area contributed by atoms with Crippen LogP contribution in [-0.2, 0) is 14.3 Å². The van der Waals surface area contributed by atoms with Gasteiger partial charge in [0.25, 0.3) is 0 Å². The number of carbonyl (C=O) groups is 2. The van der Waals surface area contributed by atoms with Gasteiger partial charge in [0.15, 0.2) is 0 Å². The molecule has 4 heteroatoms. The topological polar surface area (TPSA) is 52.6 Å². The van der Waals surface area contributed by atoms with Gasteiger partial charge in [0.2, 0.25) is 0 Å². The Hall–Kier alpha value is -1.84. The predicted molar refractivity (Wildman–Crippen MR) is 123 cm³/mol. The summed E-state index contributed by atoms with van der Waals surface area (Å²) in [5.41, 5.74) is 2.08. The zero-order valence-electron chi connectivity index (χ0n) is 19.5. The average Bonchev–Trinajstić information content (AvgIpc) is 2.72. The summed E-state index contributed by atoms with van der Waals surface area (Å²) in [5.74, 6) is 0.456. The van der Waals surface area contributed by atoms with Gasteiger partial charge in [0.1, 0.15) is 5.75 Å². The Morgan fingerprint density at radius 3 is 1.97 bits per heavy atom. The van der Waals surface area contributed by atoms with Crippen molar-refractivity contribution in [2.45, 2.75) is 111 Å². The number of ether oxygens (including phenoxy) is 2. The number of carbonyl (C=O) groups excluding carboxylic acids is 2. The van der Waals surface area contributed by atoms with Gasteiger partial charge in [-0.15, -0.1) is 0 Å². The number of rotatable bonds is 17. The summed E-state index contributed by atoms with van der Waals surface area (Å²) in [6.45, 7) is 6.73. The van der Waals surface area contributed by atoms with E-state index in [2.05, 4.69) is 6.92 Å². The second-order valence-corrected chi connectivity index (χ2v) is 8.35. The molecule has 0 aliphatic carbocycles. The van der Waals surface area contributed by atoms with Crippen LogP contribution >= 0.6 is 0 Å². The Kier molecular flexibility index (Phi) is 14.8. The minimum absolute atomic E-state index is 0.0576. The number of unbranched alkanes of at least 4 members (excludes halogenated alkanes) is 10. The Morgan fingerprint density at radius 1 is 0.733 bits per heavy atom. The molecular formula is C26H42O4. The van der Waals surface area contributed by atoms with Crippen LogP contribution < -0.4 is 4.74 Å². The smallest absolute Gasteiger partial charge is 0.311 e. The van der Waals surface area contributed by atoms with Crippen molar-refractivity contribution in [1.82, 2.24) is 0 Å². The average molecular weight is 419 g/mol. The molecule has 0 heterocycles. The molecule has 0 aromatic heterocycles. The highest BCUT2D eigenvalue weighted by Gasteiger charge is 2.07. The standard InChI is InChI=1S/C26H42O4/c1-4-5-6-7-12-15-20-29-25(27)16-13-10-8-9-11-14-17-26(28)30-24-21-22(2)18-19-23(24)3/h18-19,21H,4-17,20H2,1-3H3. The molecule has 0 radical (unpaired) electrons. The van der Waals surface area contributed by atoms with Crippen molar-refractivity contribution in [3.8, 4) is 5.75 Å². The number of benzene rings is 1. The summed E-state index contributed by atoms with van der Waals surface area (Å²) in [6, 6.07) is 5.90. The number of esters is 2. The number of aryl methyl sites for hydroxylation is 2. The highest BCUT2D eigenvalue weighted by molar-refractivity contribution is 5.72. The fourth-order valence-electron chi connectivity index (χ4n) is 3.38. The molecule has 0 N–H and O–H groups in total. The molecule has 1 aromatic carbocycles. The van der Waals surface area contributed by atoms with Gasteiger partial charge in [-0.05, 0) is 50.3 Å². The fraction of sp³-hybridized carbons (Fsp3) is 0.692. The molecule has 0 amide bonds. The molecule has 0 unspecified atom stereocenters. The first-order chi connectivity index (χ1) is 14.5. The van der Waals surface area contributed by atoms with Crippen molar-refractivity contribution in [2.24, 2.45) is 0 Å². The molecule has 0 saturated carbocycles. The minimum atomic E-state index is -0.156. The molecule has 170 valence electrons. The molecule has 0 aliphatic heterocycles. The predicted octanol–water partition coefficient (Wildman–Crippen LogP) is 7.23. The zero-order chi connectivity index (χ0) is 22.0. The first-order valence-corrected chi connectivity index (χ1v) is 12.0. The monoisotopic (exact) mass is 418 g/mol. The highest BCUT2D eigenvalue weighted by atomic mass is 16.5. The summed E-state index contributed by atoms with van der Waals surface area (Å²) >= 11 is 0. The molecule has 0 atom stereocenters. The van der Waals surface area contributed by atoms with Crippen LogP contribution in [0.5, 0.6) is 5.75 Å². The third-order valence-corrected chi connectivity index (χ3v) is 5.34. The summed E-state index contributed by atoms with van der Waals surface area (Å²) < 4.78 is 10.8. The zero-order valence-corrected chi connectivity index (χ0v) is 19.5. The lowest BCUT2D eigenvalue weighted by atomic mass is 10.1. The van der Waals surface area contributed by atoms with Crippen molar-refractivity contribution >= 4 is 11.9 Å². The maximum atomic E-state index is 12.0. The molecule has 0 aliphatic rings. The largest absolute Gasteiger partial charge is 0.466 e. The van der Waals surface area contributed by atoms with Crippen LogP contribution in [0.15, 0.2) is 18.2 Å². The summed E-state index contributed by atoms with van der Waals surface area (Å²) in [5, 5.41) is 0. The Labute approximate surface area is 183 Å². The van der Waals surface area contributed by atoms with Crippen LogP contribution in [0.25, 0.3) is 0 Å². The molecule has 30 heavy (non-hydrogen) atoms. The second kappa shape index (κ2) is 16.9. The Balaban J connectivity index is 1.92. The van der Waals surface area contributed by atoms with Gasteiger partial charge in [-0.2, -0.15) is 0 Å². The fourth-order valence-corrected chi connectivity index (χ4v) is 3.38.